The fourth-order valence-electron chi connectivity index (χ4n) is 5.05. The Kier molecular flexibility index (Phi) is 19.7. The Morgan fingerprint density at radius 2 is 1.13 bits per heavy atom. The number of nitrogens with zero attached hydrogens (tertiary/aromatic N) is 2. The van der Waals surface area contributed by atoms with Crippen molar-refractivity contribution in [2.75, 3.05) is 91.0 Å². The number of alkyl halides is 1. The molecule has 2 N–H and O–H groups in total. The van der Waals surface area contributed by atoms with Crippen LogP contribution in [0.5, 0.6) is 0 Å². The monoisotopic (exact) mass is 691 g/mol. The molecule has 0 aromatic heterocycles. The molecule has 2 aromatic carbocycles. The van der Waals surface area contributed by atoms with E-state index in [1.165, 1.54) is 31.8 Å². The number of carbonyl (C=O) groups excluding carboxylic acids is 2. The minimum absolute atomic E-state index is 0.0860. The molecular weight excluding hydrogens is 638 g/mol. The molecule has 0 aliphatic carbocycles. The minimum atomic E-state index is -0.179. The van der Waals surface area contributed by atoms with Gasteiger partial charge in [-0.1, -0.05) is 66.2 Å². The predicted molar refractivity (Wildman–Crippen MR) is 184 cm³/mol. The second-order valence-corrected chi connectivity index (χ2v) is 12.3. The topological polar surface area (TPSA) is 104 Å². The van der Waals surface area contributed by atoms with Gasteiger partial charge in [-0.25, -0.2) is 0 Å². The summed E-state index contributed by atoms with van der Waals surface area (Å²) in [4.78, 5) is 27.4. The maximum atomic E-state index is 11.4. The highest BCUT2D eigenvalue weighted by molar-refractivity contribution is 9.09. The van der Waals surface area contributed by atoms with Crippen LogP contribution in [0.15, 0.2) is 48.5 Å². The number of nitrogens with two attached hydrogens (primary N) is 1. The van der Waals surface area contributed by atoms with E-state index in [9.17, 15) is 9.59 Å². The largest absolute Gasteiger partial charge is 0.469 e. The molecule has 0 radical (unpaired) electrons. The number of anilines is 1. The fraction of sp³-hybridized carbons (Fsp3) is 0.600. The summed E-state index contributed by atoms with van der Waals surface area (Å²) >= 11 is 3.40. The van der Waals surface area contributed by atoms with Crippen molar-refractivity contribution in [2.24, 2.45) is 11.8 Å². The molecule has 2 aliphatic rings. The Morgan fingerprint density at radius 1 is 0.733 bits per heavy atom. The van der Waals surface area contributed by atoms with E-state index in [4.69, 9.17) is 19.9 Å². The van der Waals surface area contributed by atoms with Crippen LogP contribution in [0.1, 0.15) is 37.0 Å². The highest BCUT2D eigenvalue weighted by Gasteiger charge is 2.14. The van der Waals surface area contributed by atoms with Crippen LogP contribution < -0.4 is 5.73 Å². The highest BCUT2D eigenvalue weighted by atomic mass is 79.9. The molecule has 0 saturated carbocycles. The molecule has 2 aromatic rings. The smallest absolute Gasteiger partial charge is 0.308 e. The molecule has 2 heterocycles. The summed E-state index contributed by atoms with van der Waals surface area (Å²) in [7, 11) is 2.85. The van der Waals surface area contributed by atoms with Crippen LogP contribution in [-0.2, 0) is 47.8 Å². The van der Waals surface area contributed by atoms with Crippen molar-refractivity contribution >= 4 is 33.6 Å². The van der Waals surface area contributed by atoms with Crippen LogP contribution in [0.3, 0.4) is 0 Å². The first kappa shape index (κ1) is 38.7. The lowest BCUT2D eigenvalue weighted by Gasteiger charge is -2.26. The van der Waals surface area contributed by atoms with Gasteiger partial charge in [-0.2, -0.15) is 0 Å². The number of esters is 2. The third-order valence-corrected chi connectivity index (χ3v) is 8.20. The quantitative estimate of drug-likeness (QED) is 0.194. The Bertz CT molecular complexity index is 1070. The number of morpholine rings is 2. The number of benzene rings is 2. The molecule has 4 rings (SSSR count). The summed E-state index contributed by atoms with van der Waals surface area (Å²) in [6, 6.07) is 16.1. The maximum Gasteiger partial charge on any atom is 0.308 e. The van der Waals surface area contributed by atoms with Gasteiger partial charge >= 0.3 is 11.9 Å². The summed E-state index contributed by atoms with van der Waals surface area (Å²) in [5.74, 6) is -0.516. The van der Waals surface area contributed by atoms with Gasteiger partial charge in [-0.05, 0) is 61.1 Å². The molecule has 2 aliphatic heterocycles. The van der Waals surface area contributed by atoms with E-state index >= 15 is 0 Å². The third kappa shape index (κ3) is 16.6. The van der Waals surface area contributed by atoms with Crippen LogP contribution in [0.25, 0.3) is 0 Å². The van der Waals surface area contributed by atoms with E-state index < -0.39 is 0 Å². The lowest BCUT2D eigenvalue weighted by molar-refractivity contribution is -0.145. The van der Waals surface area contributed by atoms with Gasteiger partial charge in [0, 0.05) is 43.7 Å². The number of nitrogen functional groups attached to an aromatic ring is 1. The van der Waals surface area contributed by atoms with Crippen molar-refractivity contribution in [1.82, 2.24) is 9.80 Å². The molecule has 10 heteroatoms. The van der Waals surface area contributed by atoms with Crippen LogP contribution in [0, 0.1) is 11.8 Å². The average Bonchev–Trinajstić information content (AvgIpc) is 3.07. The maximum absolute atomic E-state index is 11.4. The first-order chi connectivity index (χ1) is 21.7. The molecule has 2 saturated heterocycles. The second kappa shape index (κ2) is 22.9. The number of ether oxygens (including phenoxy) is 4. The lowest BCUT2D eigenvalue weighted by Crippen LogP contribution is -2.37. The van der Waals surface area contributed by atoms with Crippen LogP contribution >= 0.6 is 15.9 Å². The highest BCUT2D eigenvalue weighted by Crippen LogP contribution is 2.14. The SMILES string of the molecule is BrCCN1CCOCC1.COC(=O)[C@H](C)Cc1ccc(CCCN2CCOCC2)cc1.COC(=O)[C@H](C)Cc1ccc(N)cc1. The molecule has 45 heavy (non-hydrogen) atoms. The zero-order valence-electron chi connectivity index (χ0n) is 27.7. The van der Waals surface area contributed by atoms with Gasteiger partial charge in [-0.3, -0.25) is 19.4 Å². The molecule has 2 atom stereocenters. The Morgan fingerprint density at radius 3 is 1.56 bits per heavy atom. The first-order valence-corrected chi connectivity index (χ1v) is 17.1. The molecule has 252 valence electrons. The van der Waals surface area contributed by atoms with Gasteiger partial charge in [0.1, 0.15) is 0 Å². The van der Waals surface area contributed by atoms with Crippen LogP contribution in [0.2, 0.25) is 0 Å². The number of carbonyl (C=O) groups is 2. The molecule has 0 unspecified atom stereocenters. The van der Waals surface area contributed by atoms with Crippen molar-refractivity contribution in [1.29, 1.82) is 0 Å². The van der Waals surface area contributed by atoms with Crippen molar-refractivity contribution in [3.05, 3.63) is 65.2 Å². The number of hydrogen-bond acceptors (Lipinski definition) is 9. The van der Waals surface area contributed by atoms with Gasteiger partial charge in [-0.15, -0.1) is 0 Å². The summed E-state index contributed by atoms with van der Waals surface area (Å²) in [5, 5.41) is 1.08. The van der Waals surface area contributed by atoms with E-state index in [-0.39, 0.29) is 23.8 Å². The van der Waals surface area contributed by atoms with Crippen LogP contribution in [-0.4, -0.2) is 107 Å². The standard InChI is InChI=1S/C18H27NO3.C11H15NO2.C6H12BrNO/c1-15(18(20)21-2)14-17-7-5-16(6-8-17)4-3-9-19-10-12-22-13-11-19;1-8(11(13)14-2)7-9-3-5-10(12)6-4-9;7-1-2-8-3-5-9-6-4-8/h5-8,15H,3-4,9-14H2,1-2H3;3-6,8H,7,12H2,1-2H3;1-6H2/t15-;8-;/m11./s1. The van der Waals surface area contributed by atoms with Crippen molar-refractivity contribution in [3.8, 4) is 0 Å². The summed E-state index contributed by atoms with van der Waals surface area (Å²) in [6.45, 7) is 13.9. The number of methoxy groups -OCH3 is 2. The number of hydrogen-bond donors (Lipinski definition) is 1. The van der Waals surface area contributed by atoms with E-state index in [1.807, 2.05) is 38.1 Å². The number of rotatable bonds is 12. The van der Waals surface area contributed by atoms with Gasteiger partial charge in [0.2, 0.25) is 0 Å². The fourth-order valence-corrected chi connectivity index (χ4v) is 5.55. The summed E-state index contributed by atoms with van der Waals surface area (Å²) < 4.78 is 20.0. The van der Waals surface area contributed by atoms with E-state index in [2.05, 4.69) is 54.7 Å². The number of halogens is 1. The third-order valence-electron chi connectivity index (χ3n) is 7.84. The molecule has 2 fully saturated rings. The minimum Gasteiger partial charge on any atom is -0.469 e. The van der Waals surface area contributed by atoms with Crippen LogP contribution in [0.4, 0.5) is 5.69 Å². The van der Waals surface area contributed by atoms with E-state index in [0.29, 0.717) is 6.42 Å². The zero-order valence-corrected chi connectivity index (χ0v) is 29.3. The van der Waals surface area contributed by atoms with Gasteiger partial charge in [0.15, 0.2) is 0 Å². The Hall–Kier alpha value is -2.50. The van der Waals surface area contributed by atoms with Crippen molar-refractivity contribution in [3.63, 3.8) is 0 Å². The predicted octanol–water partition coefficient (Wildman–Crippen LogP) is 4.64. The summed E-state index contributed by atoms with van der Waals surface area (Å²) in [6.07, 6.45) is 3.70. The normalized spacial score (nSPS) is 16.6. The van der Waals surface area contributed by atoms with Crippen molar-refractivity contribution < 1.29 is 28.5 Å². The van der Waals surface area contributed by atoms with Gasteiger partial charge in [0.05, 0.1) is 52.5 Å². The molecule has 0 bridgehead atoms. The lowest BCUT2D eigenvalue weighted by atomic mass is 9.99. The average molecular weight is 693 g/mol. The molecule has 9 nitrogen and oxygen atoms in total. The molecule has 0 spiro atoms. The van der Waals surface area contributed by atoms with E-state index in [1.54, 1.807) is 0 Å². The van der Waals surface area contributed by atoms with Gasteiger partial charge < -0.3 is 24.7 Å². The Balaban J connectivity index is 0.000000261. The van der Waals surface area contributed by atoms with Gasteiger partial charge in [0.25, 0.3) is 0 Å². The Labute approximate surface area is 278 Å². The first-order valence-electron chi connectivity index (χ1n) is 16.0. The van der Waals surface area contributed by atoms with E-state index in [0.717, 1.165) is 95.1 Å². The molecule has 0 amide bonds. The summed E-state index contributed by atoms with van der Waals surface area (Å²) in [5.41, 5.74) is 9.94. The molecular formula is C35H54BrN3O6. The second-order valence-electron chi connectivity index (χ2n) is 11.5. The number of aryl methyl sites for hydroxylation is 1. The zero-order chi connectivity index (χ0) is 32.9. The van der Waals surface area contributed by atoms with Crippen molar-refractivity contribution in [2.45, 2.75) is 39.5 Å².